The van der Waals surface area contributed by atoms with Crippen molar-refractivity contribution in [3.05, 3.63) is 24.2 Å². The van der Waals surface area contributed by atoms with Gasteiger partial charge in [0.05, 0.1) is 6.26 Å². The second-order valence-electron chi connectivity index (χ2n) is 7.04. The third-order valence-electron chi connectivity index (χ3n) is 5.86. The van der Waals surface area contributed by atoms with Crippen molar-refractivity contribution in [2.75, 3.05) is 19.6 Å². The number of amides is 1. The van der Waals surface area contributed by atoms with Gasteiger partial charge < -0.3 is 9.32 Å². The molecule has 4 atom stereocenters. The standard InChI is InChI=1S/C18H26N2O2/c1-2-19-9-3-6-15(19)16-7-4-10-20(16)18(21)14-12-13(14)17-8-5-11-22-17/h5,8,11,13-16H,2-4,6-7,9-10,12H2,1H3. The summed E-state index contributed by atoms with van der Waals surface area (Å²) >= 11 is 0. The van der Waals surface area contributed by atoms with E-state index in [2.05, 4.69) is 16.7 Å². The van der Waals surface area contributed by atoms with E-state index in [0.717, 1.165) is 25.3 Å². The number of rotatable bonds is 4. The van der Waals surface area contributed by atoms with Crippen molar-refractivity contribution in [3.63, 3.8) is 0 Å². The zero-order valence-electron chi connectivity index (χ0n) is 13.4. The summed E-state index contributed by atoms with van der Waals surface area (Å²) in [5.74, 6) is 1.87. The van der Waals surface area contributed by atoms with Crippen LogP contribution in [0.5, 0.6) is 0 Å². The number of hydrogen-bond acceptors (Lipinski definition) is 3. The van der Waals surface area contributed by atoms with Gasteiger partial charge in [-0.25, -0.2) is 0 Å². The Morgan fingerprint density at radius 3 is 2.86 bits per heavy atom. The van der Waals surface area contributed by atoms with Gasteiger partial charge in [-0.15, -0.1) is 0 Å². The van der Waals surface area contributed by atoms with Gasteiger partial charge in [0.1, 0.15) is 5.76 Å². The summed E-state index contributed by atoms with van der Waals surface area (Å²) in [4.78, 5) is 17.7. The van der Waals surface area contributed by atoms with Crippen molar-refractivity contribution in [2.45, 2.75) is 57.0 Å². The molecule has 4 unspecified atom stereocenters. The lowest BCUT2D eigenvalue weighted by molar-refractivity contribution is -0.134. The molecule has 0 aromatic carbocycles. The van der Waals surface area contributed by atoms with E-state index in [1.165, 1.54) is 32.2 Å². The molecule has 1 aromatic heterocycles. The Morgan fingerprint density at radius 1 is 1.27 bits per heavy atom. The number of carbonyl (C=O) groups is 1. The van der Waals surface area contributed by atoms with Crippen LogP contribution in [-0.2, 0) is 4.79 Å². The highest BCUT2D eigenvalue weighted by atomic mass is 16.3. The fourth-order valence-corrected chi connectivity index (χ4v) is 4.64. The molecule has 1 aliphatic carbocycles. The van der Waals surface area contributed by atoms with Crippen LogP contribution >= 0.6 is 0 Å². The van der Waals surface area contributed by atoms with Gasteiger partial charge in [0, 0.05) is 30.5 Å². The van der Waals surface area contributed by atoms with Crippen LogP contribution in [0.3, 0.4) is 0 Å². The van der Waals surface area contributed by atoms with Crippen molar-refractivity contribution in [3.8, 4) is 0 Å². The Morgan fingerprint density at radius 2 is 2.09 bits per heavy atom. The van der Waals surface area contributed by atoms with Gasteiger partial charge in [-0.2, -0.15) is 0 Å². The fraction of sp³-hybridized carbons (Fsp3) is 0.722. The third-order valence-corrected chi connectivity index (χ3v) is 5.86. The first-order chi connectivity index (χ1) is 10.8. The number of nitrogens with zero attached hydrogens (tertiary/aromatic N) is 2. The Labute approximate surface area is 132 Å². The largest absolute Gasteiger partial charge is 0.469 e. The average Bonchev–Trinajstić information content (AvgIpc) is 3.02. The summed E-state index contributed by atoms with van der Waals surface area (Å²) in [6, 6.07) is 4.98. The minimum atomic E-state index is 0.170. The molecule has 1 amide bonds. The number of likely N-dealkylation sites (N-methyl/N-ethyl adjacent to an activating group) is 1. The van der Waals surface area contributed by atoms with E-state index in [0.29, 0.717) is 23.9 Å². The van der Waals surface area contributed by atoms with Crippen molar-refractivity contribution in [1.82, 2.24) is 9.80 Å². The predicted molar refractivity (Wildman–Crippen MR) is 84.6 cm³/mol. The van der Waals surface area contributed by atoms with Crippen LogP contribution in [-0.4, -0.2) is 47.4 Å². The van der Waals surface area contributed by atoms with Crippen LogP contribution < -0.4 is 0 Å². The van der Waals surface area contributed by atoms with Crippen LogP contribution in [0.4, 0.5) is 0 Å². The molecule has 2 aliphatic heterocycles. The zero-order chi connectivity index (χ0) is 15.1. The summed E-state index contributed by atoms with van der Waals surface area (Å²) in [7, 11) is 0. The van der Waals surface area contributed by atoms with E-state index < -0.39 is 0 Å². The van der Waals surface area contributed by atoms with Crippen LogP contribution in [0, 0.1) is 5.92 Å². The topological polar surface area (TPSA) is 36.7 Å². The zero-order valence-corrected chi connectivity index (χ0v) is 13.4. The molecule has 4 nitrogen and oxygen atoms in total. The van der Waals surface area contributed by atoms with Crippen LogP contribution in [0.1, 0.15) is 50.7 Å². The maximum atomic E-state index is 12.9. The number of carbonyl (C=O) groups excluding carboxylic acids is 1. The lowest BCUT2D eigenvalue weighted by Gasteiger charge is -2.34. The maximum Gasteiger partial charge on any atom is 0.226 e. The summed E-state index contributed by atoms with van der Waals surface area (Å²) < 4.78 is 5.48. The van der Waals surface area contributed by atoms with E-state index in [-0.39, 0.29) is 5.92 Å². The van der Waals surface area contributed by atoms with Gasteiger partial charge in [0.2, 0.25) is 5.91 Å². The smallest absolute Gasteiger partial charge is 0.226 e. The molecular formula is C18H26N2O2. The third kappa shape index (κ3) is 2.37. The molecule has 0 N–H and O–H groups in total. The van der Waals surface area contributed by atoms with Crippen LogP contribution in [0.2, 0.25) is 0 Å². The molecule has 3 fully saturated rings. The van der Waals surface area contributed by atoms with Crippen molar-refractivity contribution < 1.29 is 9.21 Å². The van der Waals surface area contributed by atoms with Gasteiger partial charge in [0.15, 0.2) is 0 Å². The van der Waals surface area contributed by atoms with Crippen LogP contribution in [0.25, 0.3) is 0 Å². The lowest BCUT2D eigenvalue weighted by Crippen LogP contribution is -2.48. The van der Waals surface area contributed by atoms with Crippen molar-refractivity contribution in [1.29, 1.82) is 0 Å². The quantitative estimate of drug-likeness (QED) is 0.858. The lowest BCUT2D eigenvalue weighted by atomic mass is 10.0. The first-order valence-electron chi connectivity index (χ1n) is 8.87. The Kier molecular flexibility index (Phi) is 3.73. The van der Waals surface area contributed by atoms with Gasteiger partial charge in [-0.05, 0) is 57.3 Å². The highest BCUT2D eigenvalue weighted by Crippen LogP contribution is 2.49. The molecule has 22 heavy (non-hydrogen) atoms. The van der Waals surface area contributed by atoms with Gasteiger partial charge in [-0.3, -0.25) is 9.69 Å². The molecule has 1 aromatic rings. The molecule has 0 bridgehead atoms. The van der Waals surface area contributed by atoms with E-state index in [9.17, 15) is 4.79 Å². The predicted octanol–water partition coefficient (Wildman–Crippen LogP) is 2.86. The normalized spacial score (nSPS) is 35.2. The number of hydrogen-bond donors (Lipinski definition) is 0. The van der Waals surface area contributed by atoms with Crippen LogP contribution in [0.15, 0.2) is 22.8 Å². The minimum absolute atomic E-state index is 0.170. The molecule has 1 saturated carbocycles. The molecular weight excluding hydrogens is 276 g/mol. The molecule has 0 radical (unpaired) electrons. The Hall–Kier alpha value is -1.29. The van der Waals surface area contributed by atoms with Gasteiger partial charge >= 0.3 is 0 Å². The minimum Gasteiger partial charge on any atom is -0.469 e. The van der Waals surface area contributed by atoms with E-state index in [1.54, 1.807) is 6.26 Å². The van der Waals surface area contributed by atoms with Crippen molar-refractivity contribution >= 4 is 5.91 Å². The monoisotopic (exact) mass is 302 g/mol. The molecule has 3 aliphatic rings. The van der Waals surface area contributed by atoms with Gasteiger partial charge in [0.25, 0.3) is 0 Å². The summed E-state index contributed by atoms with van der Waals surface area (Å²) in [5, 5.41) is 0. The summed E-state index contributed by atoms with van der Waals surface area (Å²) in [6.07, 6.45) is 7.58. The van der Waals surface area contributed by atoms with E-state index in [1.807, 2.05) is 12.1 Å². The van der Waals surface area contributed by atoms with Crippen molar-refractivity contribution in [2.24, 2.45) is 5.92 Å². The Bertz CT molecular complexity index is 527. The second-order valence-corrected chi connectivity index (χ2v) is 7.04. The van der Waals surface area contributed by atoms with E-state index >= 15 is 0 Å². The first kappa shape index (κ1) is 14.3. The average molecular weight is 302 g/mol. The highest BCUT2D eigenvalue weighted by Gasteiger charge is 2.50. The number of likely N-dealkylation sites (tertiary alicyclic amines) is 2. The highest BCUT2D eigenvalue weighted by molar-refractivity contribution is 5.83. The Balaban J connectivity index is 1.44. The molecule has 4 heteroatoms. The molecule has 2 saturated heterocycles. The maximum absolute atomic E-state index is 12.9. The summed E-state index contributed by atoms with van der Waals surface area (Å²) in [5.41, 5.74) is 0. The number of furan rings is 1. The first-order valence-corrected chi connectivity index (χ1v) is 8.87. The SMILES string of the molecule is CCN1CCCC1C1CCCN1C(=O)C1CC1c1ccco1. The van der Waals surface area contributed by atoms with E-state index in [4.69, 9.17) is 4.42 Å². The summed E-state index contributed by atoms with van der Waals surface area (Å²) in [6.45, 7) is 5.52. The fourth-order valence-electron chi connectivity index (χ4n) is 4.64. The molecule has 3 heterocycles. The molecule has 4 rings (SSSR count). The molecule has 0 spiro atoms. The van der Waals surface area contributed by atoms with Gasteiger partial charge in [-0.1, -0.05) is 6.92 Å². The molecule has 120 valence electrons. The second kappa shape index (κ2) is 5.73.